The molecule has 0 radical (unpaired) electrons. The summed E-state index contributed by atoms with van der Waals surface area (Å²) >= 11 is 1.65. The van der Waals surface area contributed by atoms with E-state index in [1.165, 1.54) is 12.1 Å². The van der Waals surface area contributed by atoms with E-state index >= 15 is 0 Å². The molecule has 4 rings (SSSR count). The number of rotatable bonds is 3. The van der Waals surface area contributed by atoms with Crippen LogP contribution in [-0.4, -0.2) is 47.9 Å². The number of fused-ring (bicyclic) bond motifs is 1. The third-order valence-electron chi connectivity index (χ3n) is 5.39. The van der Waals surface area contributed by atoms with Crippen molar-refractivity contribution in [1.29, 1.82) is 0 Å². The molecule has 1 aromatic heterocycles. The van der Waals surface area contributed by atoms with E-state index in [9.17, 15) is 14.0 Å². The van der Waals surface area contributed by atoms with Crippen LogP contribution in [0.1, 0.15) is 23.9 Å². The summed E-state index contributed by atoms with van der Waals surface area (Å²) in [6, 6.07) is 5.97. The van der Waals surface area contributed by atoms with Crippen LogP contribution in [0.15, 0.2) is 24.3 Å². The number of piperazine rings is 1. The fraction of sp³-hybridized carbons (Fsp3) is 0.450. The summed E-state index contributed by atoms with van der Waals surface area (Å²) < 4.78 is 13.3. The normalized spacial score (nSPS) is 19.3. The molecule has 1 atom stereocenters. The van der Waals surface area contributed by atoms with Gasteiger partial charge in [-0.2, -0.15) is 0 Å². The molecule has 1 saturated heterocycles. The summed E-state index contributed by atoms with van der Waals surface area (Å²) in [4.78, 5) is 34.1. The van der Waals surface area contributed by atoms with Gasteiger partial charge in [0.1, 0.15) is 5.82 Å². The van der Waals surface area contributed by atoms with Gasteiger partial charge < -0.3 is 15.1 Å². The minimum atomic E-state index is -0.360. The van der Waals surface area contributed by atoms with Crippen LogP contribution in [0.5, 0.6) is 0 Å². The largest absolute Gasteiger partial charge is 0.345 e. The molecular formula is C20H23FN4O2S. The van der Waals surface area contributed by atoms with Crippen molar-refractivity contribution in [2.75, 3.05) is 36.4 Å². The predicted octanol–water partition coefficient (Wildman–Crippen LogP) is 2.69. The third-order valence-corrected chi connectivity index (χ3v) is 6.57. The SMILES string of the molecule is CC(=O)N1CCN(c2nc3c(s2)C[C@H](C(=O)Nc2cccc(F)c2)CC3)CC1. The van der Waals surface area contributed by atoms with Crippen molar-refractivity contribution >= 4 is 34.0 Å². The number of carbonyl (C=O) groups excluding carboxylic acids is 2. The van der Waals surface area contributed by atoms with Crippen molar-refractivity contribution in [2.24, 2.45) is 5.92 Å². The molecule has 148 valence electrons. The van der Waals surface area contributed by atoms with E-state index in [0.717, 1.165) is 54.7 Å². The minimum absolute atomic E-state index is 0.0683. The Bertz CT molecular complexity index is 892. The number of anilines is 2. The van der Waals surface area contributed by atoms with Crippen LogP contribution in [0.2, 0.25) is 0 Å². The number of amides is 2. The van der Waals surface area contributed by atoms with Crippen LogP contribution in [0.25, 0.3) is 0 Å². The fourth-order valence-electron chi connectivity index (χ4n) is 3.74. The van der Waals surface area contributed by atoms with Gasteiger partial charge in [0.25, 0.3) is 0 Å². The third kappa shape index (κ3) is 4.01. The number of aryl methyl sites for hydroxylation is 1. The van der Waals surface area contributed by atoms with Crippen LogP contribution in [0.3, 0.4) is 0 Å². The molecule has 2 heterocycles. The zero-order chi connectivity index (χ0) is 19.7. The standard InChI is InChI=1S/C20H23FN4O2S/c1-13(26)24-7-9-25(10-8-24)20-23-17-6-5-14(11-18(17)28-20)19(27)22-16-4-2-3-15(21)12-16/h2-4,12,14H,5-11H2,1H3,(H,22,27)/t14-/m1/s1. The molecule has 28 heavy (non-hydrogen) atoms. The Morgan fingerprint density at radius 3 is 2.75 bits per heavy atom. The Labute approximate surface area is 167 Å². The molecule has 0 bridgehead atoms. The van der Waals surface area contributed by atoms with Gasteiger partial charge in [-0.05, 0) is 37.5 Å². The molecule has 1 aliphatic carbocycles. The average molecular weight is 402 g/mol. The van der Waals surface area contributed by atoms with Crippen LogP contribution < -0.4 is 10.2 Å². The summed E-state index contributed by atoms with van der Waals surface area (Å²) in [5.41, 5.74) is 1.58. The van der Waals surface area contributed by atoms with E-state index in [0.29, 0.717) is 12.1 Å². The molecule has 1 aliphatic heterocycles. The minimum Gasteiger partial charge on any atom is -0.345 e. The Balaban J connectivity index is 1.39. The van der Waals surface area contributed by atoms with Gasteiger partial charge in [0, 0.05) is 49.6 Å². The maximum atomic E-state index is 13.3. The lowest BCUT2D eigenvalue weighted by molar-refractivity contribution is -0.129. The van der Waals surface area contributed by atoms with Gasteiger partial charge in [0.2, 0.25) is 11.8 Å². The molecule has 2 aliphatic rings. The highest BCUT2D eigenvalue weighted by Crippen LogP contribution is 2.35. The van der Waals surface area contributed by atoms with Crippen molar-refractivity contribution in [1.82, 2.24) is 9.88 Å². The second-order valence-electron chi connectivity index (χ2n) is 7.30. The van der Waals surface area contributed by atoms with Crippen molar-refractivity contribution in [3.8, 4) is 0 Å². The number of aromatic nitrogens is 1. The number of nitrogens with one attached hydrogen (secondary N) is 1. The van der Waals surface area contributed by atoms with E-state index in [1.54, 1.807) is 30.4 Å². The van der Waals surface area contributed by atoms with E-state index in [4.69, 9.17) is 4.98 Å². The number of benzene rings is 1. The molecule has 1 aromatic carbocycles. The lowest BCUT2D eigenvalue weighted by atomic mass is 9.90. The quantitative estimate of drug-likeness (QED) is 0.857. The van der Waals surface area contributed by atoms with Crippen molar-refractivity contribution in [2.45, 2.75) is 26.2 Å². The second kappa shape index (κ2) is 7.87. The van der Waals surface area contributed by atoms with Crippen LogP contribution in [0, 0.1) is 11.7 Å². The van der Waals surface area contributed by atoms with Crippen molar-refractivity contribution < 1.29 is 14.0 Å². The van der Waals surface area contributed by atoms with Gasteiger partial charge in [-0.25, -0.2) is 9.37 Å². The molecule has 1 N–H and O–H groups in total. The number of nitrogens with zero attached hydrogens (tertiary/aromatic N) is 3. The maximum absolute atomic E-state index is 13.3. The van der Waals surface area contributed by atoms with E-state index < -0.39 is 0 Å². The van der Waals surface area contributed by atoms with E-state index in [-0.39, 0.29) is 23.5 Å². The molecular weight excluding hydrogens is 379 g/mol. The lowest BCUT2D eigenvalue weighted by Gasteiger charge is -2.33. The highest BCUT2D eigenvalue weighted by molar-refractivity contribution is 7.15. The first-order valence-electron chi connectivity index (χ1n) is 9.55. The number of thiazole rings is 1. The number of halogens is 1. The molecule has 0 spiro atoms. The zero-order valence-corrected chi connectivity index (χ0v) is 16.6. The molecule has 2 aromatic rings. The maximum Gasteiger partial charge on any atom is 0.227 e. The van der Waals surface area contributed by atoms with Gasteiger partial charge in [0.15, 0.2) is 5.13 Å². The van der Waals surface area contributed by atoms with Crippen molar-refractivity contribution in [3.63, 3.8) is 0 Å². The van der Waals surface area contributed by atoms with Crippen LogP contribution in [-0.2, 0) is 22.4 Å². The average Bonchev–Trinajstić information content (AvgIpc) is 3.11. The molecule has 6 nitrogen and oxygen atoms in total. The second-order valence-corrected chi connectivity index (χ2v) is 8.36. The molecule has 0 saturated carbocycles. The van der Waals surface area contributed by atoms with Crippen LogP contribution in [0.4, 0.5) is 15.2 Å². The number of carbonyl (C=O) groups is 2. The smallest absolute Gasteiger partial charge is 0.227 e. The van der Waals surface area contributed by atoms with E-state index in [2.05, 4.69) is 10.2 Å². The first-order valence-corrected chi connectivity index (χ1v) is 10.4. The van der Waals surface area contributed by atoms with E-state index in [1.807, 2.05) is 4.90 Å². The first kappa shape index (κ1) is 18.9. The van der Waals surface area contributed by atoms with Crippen molar-refractivity contribution in [3.05, 3.63) is 40.7 Å². The van der Waals surface area contributed by atoms with Gasteiger partial charge in [-0.1, -0.05) is 6.07 Å². The molecule has 1 fully saturated rings. The highest BCUT2D eigenvalue weighted by Gasteiger charge is 2.29. The lowest BCUT2D eigenvalue weighted by Crippen LogP contribution is -2.48. The molecule has 2 amide bonds. The Morgan fingerprint density at radius 1 is 1.25 bits per heavy atom. The van der Waals surface area contributed by atoms with Gasteiger partial charge in [0.05, 0.1) is 5.69 Å². The summed E-state index contributed by atoms with van der Waals surface area (Å²) in [6.07, 6.45) is 2.19. The topological polar surface area (TPSA) is 65.5 Å². The Kier molecular flexibility index (Phi) is 5.30. The molecule has 0 unspecified atom stereocenters. The summed E-state index contributed by atoms with van der Waals surface area (Å²) in [5, 5.41) is 3.81. The first-order chi connectivity index (χ1) is 13.5. The summed E-state index contributed by atoms with van der Waals surface area (Å²) in [5.74, 6) is -0.439. The Hall–Kier alpha value is -2.48. The molecule has 8 heteroatoms. The van der Waals surface area contributed by atoms with Gasteiger partial charge in [-0.3, -0.25) is 9.59 Å². The summed E-state index contributed by atoms with van der Waals surface area (Å²) in [7, 11) is 0. The van der Waals surface area contributed by atoms with Gasteiger partial charge in [-0.15, -0.1) is 11.3 Å². The van der Waals surface area contributed by atoms with Gasteiger partial charge >= 0.3 is 0 Å². The number of hydrogen-bond acceptors (Lipinski definition) is 5. The monoisotopic (exact) mass is 402 g/mol. The Morgan fingerprint density at radius 2 is 2.04 bits per heavy atom. The summed E-state index contributed by atoms with van der Waals surface area (Å²) in [6.45, 7) is 4.62. The predicted molar refractivity (Wildman–Crippen MR) is 107 cm³/mol. The zero-order valence-electron chi connectivity index (χ0n) is 15.8. The van der Waals surface area contributed by atoms with Crippen LogP contribution >= 0.6 is 11.3 Å². The highest BCUT2D eigenvalue weighted by atomic mass is 32.1. The fourth-order valence-corrected chi connectivity index (χ4v) is 4.98. The number of hydrogen-bond donors (Lipinski definition) is 1.